The Morgan fingerprint density at radius 3 is 2.42 bits per heavy atom. The quantitative estimate of drug-likeness (QED) is 0.250. The van der Waals surface area contributed by atoms with E-state index in [9.17, 15) is 29.4 Å². The van der Waals surface area contributed by atoms with Gasteiger partial charge in [0.05, 0.1) is 41.9 Å². The Labute approximate surface area is 281 Å². The van der Waals surface area contributed by atoms with Gasteiger partial charge in [-0.2, -0.15) is 0 Å². The number of para-hydroxylation sites is 1. The van der Waals surface area contributed by atoms with E-state index in [1.807, 2.05) is 12.1 Å². The predicted octanol–water partition coefficient (Wildman–Crippen LogP) is 5.08. The Kier molecular flexibility index (Phi) is 7.86. The smallest absolute Gasteiger partial charge is 0.305 e. The van der Waals surface area contributed by atoms with Crippen molar-refractivity contribution >= 4 is 46.9 Å². The molecule has 6 unspecified atom stereocenters. The summed E-state index contributed by atoms with van der Waals surface area (Å²) < 4.78 is 5.77. The molecule has 7 rings (SSSR count). The first kappa shape index (κ1) is 31.6. The number of likely N-dealkylation sites (tertiary alicyclic amines) is 1. The minimum absolute atomic E-state index is 0.0811. The summed E-state index contributed by atoms with van der Waals surface area (Å²) >= 11 is 6.35. The number of benzene rings is 3. The van der Waals surface area contributed by atoms with Crippen molar-refractivity contribution in [1.82, 2.24) is 4.90 Å². The number of aliphatic carboxylic acids is 1. The number of carboxylic acid groups (broad SMARTS) is 1. The number of carbonyl (C=O) groups is 5. The standard InChI is InChI=1S/C37H33ClN2O8/c1-2-48-28-13-7-12-25(32(28)43)31-23-14-15-24-30(35(46)39(33(24)44)17-16-29(41)42)26(23)19-27-34(45)40(22-11-6-10-21(38)18-22)36(47)37(27,31)20-8-4-3-5-9-20/h3-14,18,24,26-27,30-31,43H,2,15-17,19H2,1H3,(H,41,42). The fraction of sp³-hybridized carbons (Fsp3) is 0.324. The topological polar surface area (TPSA) is 142 Å². The van der Waals surface area contributed by atoms with Crippen LogP contribution in [0.5, 0.6) is 11.5 Å². The van der Waals surface area contributed by atoms with Crippen LogP contribution in [-0.2, 0) is 29.4 Å². The third kappa shape index (κ3) is 4.57. The Morgan fingerprint density at radius 1 is 0.958 bits per heavy atom. The minimum atomic E-state index is -1.55. The molecule has 2 aliphatic heterocycles. The van der Waals surface area contributed by atoms with Gasteiger partial charge in [-0.15, -0.1) is 0 Å². The van der Waals surface area contributed by atoms with Gasteiger partial charge in [0.2, 0.25) is 23.6 Å². The van der Waals surface area contributed by atoms with Gasteiger partial charge < -0.3 is 14.9 Å². The fourth-order valence-corrected chi connectivity index (χ4v) is 8.81. The highest BCUT2D eigenvalue weighted by molar-refractivity contribution is 6.32. The molecule has 10 nitrogen and oxygen atoms in total. The highest BCUT2D eigenvalue weighted by atomic mass is 35.5. The summed E-state index contributed by atoms with van der Waals surface area (Å²) in [7, 11) is 0. The number of fused-ring (bicyclic) bond motifs is 4. The molecule has 0 bridgehead atoms. The molecule has 0 radical (unpaired) electrons. The number of hydrogen-bond donors (Lipinski definition) is 2. The lowest BCUT2D eigenvalue weighted by Gasteiger charge is -2.50. The lowest BCUT2D eigenvalue weighted by Crippen LogP contribution is -2.53. The van der Waals surface area contributed by atoms with E-state index >= 15 is 4.79 Å². The van der Waals surface area contributed by atoms with E-state index in [2.05, 4.69) is 0 Å². The number of nitrogens with zero attached hydrogens (tertiary/aromatic N) is 2. The molecule has 2 aliphatic carbocycles. The maximum Gasteiger partial charge on any atom is 0.305 e. The van der Waals surface area contributed by atoms with Crippen LogP contribution in [0.4, 0.5) is 5.69 Å². The number of aromatic hydroxyl groups is 1. The molecule has 2 N–H and O–H groups in total. The lowest BCUT2D eigenvalue weighted by molar-refractivity contribution is -0.142. The van der Waals surface area contributed by atoms with Gasteiger partial charge in [-0.25, -0.2) is 4.90 Å². The molecule has 246 valence electrons. The molecule has 2 saturated heterocycles. The number of allylic oxidation sites excluding steroid dienone is 2. The van der Waals surface area contributed by atoms with Crippen LogP contribution in [0.2, 0.25) is 5.02 Å². The van der Waals surface area contributed by atoms with Crippen molar-refractivity contribution in [1.29, 1.82) is 0 Å². The van der Waals surface area contributed by atoms with Gasteiger partial charge in [-0.1, -0.05) is 71.8 Å². The number of halogens is 1. The Hall–Kier alpha value is -4.96. The molecule has 11 heteroatoms. The maximum atomic E-state index is 15.2. The molecular weight excluding hydrogens is 636 g/mol. The van der Waals surface area contributed by atoms with E-state index in [4.69, 9.17) is 16.3 Å². The van der Waals surface area contributed by atoms with E-state index < -0.39 is 64.6 Å². The van der Waals surface area contributed by atoms with E-state index in [-0.39, 0.29) is 43.9 Å². The number of ether oxygens (including phenoxy) is 1. The number of imide groups is 2. The molecule has 3 fully saturated rings. The SMILES string of the molecule is CCOc1cccc(C2C3=CCC4C(=O)N(CCC(=O)O)C(=O)C4C3CC3C(=O)N(c4cccc(Cl)c4)C(=O)C32c2ccccc2)c1O. The molecule has 3 aromatic carbocycles. The summed E-state index contributed by atoms with van der Waals surface area (Å²) in [5.41, 5.74) is 0.359. The first-order valence-electron chi connectivity index (χ1n) is 16.0. The van der Waals surface area contributed by atoms with Gasteiger partial charge in [0, 0.05) is 23.0 Å². The monoisotopic (exact) mass is 668 g/mol. The van der Waals surface area contributed by atoms with E-state index in [0.717, 1.165) is 9.80 Å². The van der Waals surface area contributed by atoms with Crippen molar-refractivity contribution in [3.05, 3.63) is 101 Å². The molecule has 2 heterocycles. The van der Waals surface area contributed by atoms with E-state index in [1.54, 1.807) is 73.7 Å². The Bertz CT molecular complexity index is 1890. The number of rotatable bonds is 8. The van der Waals surface area contributed by atoms with Crippen LogP contribution in [0.15, 0.2) is 84.4 Å². The van der Waals surface area contributed by atoms with Crippen molar-refractivity contribution in [3.8, 4) is 11.5 Å². The summed E-state index contributed by atoms with van der Waals surface area (Å²) in [5.74, 6) is -7.15. The zero-order valence-corrected chi connectivity index (χ0v) is 26.8. The average molecular weight is 669 g/mol. The zero-order chi connectivity index (χ0) is 33.9. The highest BCUT2D eigenvalue weighted by Gasteiger charge is 2.70. The molecule has 4 aliphatic rings. The van der Waals surface area contributed by atoms with Gasteiger partial charge in [0.25, 0.3) is 0 Å². The number of carboxylic acids is 1. The highest BCUT2D eigenvalue weighted by Crippen LogP contribution is 2.65. The Balaban J connectivity index is 1.48. The van der Waals surface area contributed by atoms with Gasteiger partial charge in [-0.05, 0) is 55.5 Å². The largest absolute Gasteiger partial charge is 0.504 e. The van der Waals surface area contributed by atoms with Crippen molar-refractivity contribution in [3.63, 3.8) is 0 Å². The van der Waals surface area contributed by atoms with Crippen molar-refractivity contribution < 1.29 is 38.9 Å². The number of amides is 4. The van der Waals surface area contributed by atoms with Crippen LogP contribution >= 0.6 is 11.6 Å². The molecule has 4 amide bonds. The second kappa shape index (κ2) is 11.9. The van der Waals surface area contributed by atoms with Crippen molar-refractivity contribution in [2.75, 3.05) is 18.1 Å². The van der Waals surface area contributed by atoms with Crippen LogP contribution in [0.25, 0.3) is 0 Å². The molecule has 6 atom stereocenters. The average Bonchev–Trinajstić information content (AvgIpc) is 3.45. The second-order valence-corrected chi connectivity index (χ2v) is 13.1. The summed E-state index contributed by atoms with van der Waals surface area (Å²) in [6.45, 7) is 1.81. The fourth-order valence-electron chi connectivity index (χ4n) is 8.63. The second-order valence-electron chi connectivity index (χ2n) is 12.7. The normalized spacial score (nSPS) is 27.8. The first-order valence-corrected chi connectivity index (χ1v) is 16.4. The molecule has 3 aromatic rings. The zero-order valence-electron chi connectivity index (χ0n) is 26.0. The Morgan fingerprint density at radius 2 is 1.71 bits per heavy atom. The number of phenolic OH excluding ortho intramolecular Hbond substituents is 1. The minimum Gasteiger partial charge on any atom is -0.504 e. The third-order valence-corrected chi connectivity index (χ3v) is 10.7. The van der Waals surface area contributed by atoms with Crippen molar-refractivity contribution in [2.24, 2.45) is 23.7 Å². The molecule has 1 saturated carbocycles. The van der Waals surface area contributed by atoms with Crippen LogP contribution < -0.4 is 9.64 Å². The third-order valence-electron chi connectivity index (χ3n) is 10.4. The summed E-state index contributed by atoms with van der Waals surface area (Å²) in [6.07, 6.45) is 1.76. The van der Waals surface area contributed by atoms with Gasteiger partial charge >= 0.3 is 5.97 Å². The van der Waals surface area contributed by atoms with Gasteiger partial charge in [-0.3, -0.25) is 28.9 Å². The van der Waals surface area contributed by atoms with Crippen LogP contribution in [0.1, 0.15) is 43.2 Å². The number of carbonyl (C=O) groups excluding carboxylic acids is 4. The number of anilines is 1. The maximum absolute atomic E-state index is 15.2. The summed E-state index contributed by atoms with van der Waals surface area (Å²) in [4.78, 5) is 71.1. The predicted molar refractivity (Wildman–Crippen MR) is 174 cm³/mol. The number of phenols is 1. The molecule has 48 heavy (non-hydrogen) atoms. The summed E-state index contributed by atoms with van der Waals surface area (Å²) in [6, 6.07) is 20.6. The van der Waals surface area contributed by atoms with Crippen LogP contribution in [-0.4, -0.2) is 57.9 Å². The van der Waals surface area contributed by atoms with Gasteiger partial charge in [0.15, 0.2) is 11.5 Å². The van der Waals surface area contributed by atoms with Crippen LogP contribution in [0.3, 0.4) is 0 Å². The first-order chi connectivity index (χ1) is 23.1. The molecular formula is C37H33ClN2O8. The summed E-state index contributed by atoms with van der Waals surface area (Å²) in [5, 5.41) is 21.4. The van der Waals surface area contributed by atoms with Crippen molar-refractivity contribution in [2.45, 2.75) is 37.5 Å². The van der Waals surface area contributed by atoms with Gasteiger partial charge in [0.1, 0.15) is 0 Å². The lowest BCUT2D eigenvalue weighted by atomic mass is 9.49. The molecule has 0 aromatic heterocycles. The number of hydrogen-bond acceptors (Lipinski definition) is 7. The van der Waals surface area contributed by atoms with E-state index in [1.165, 1.54) is 0 Å². The van der Waals surface area contributed by atoms with Crippen LogP contribution in [0, 0.1) is 23.7 Å². The molecule has 0 spiro atoms. The van der Waals surface area contributed by atoms with E-state index in [0.29, 0.717) is 27.4 Å².